The van der Waals surface area contributed by atoms with Gasteiger partial charge in [0.25, 0.3) is 0 Å². The fraction of sp³-hybridized carbons (Fsp3) is 0.914. The van der Waals surface area contributed by atoms with Crippen molar-refractivity contribution in [2.45, 2.75) is 155 Å². The summed E-state index contributed by atoms with van der Waals surface area (Å²) in [5.41, 5.74) is 0.785. The van der Waals surface area contributed by atoms with E-state index in [1.165, 1.54) is 12.5 Å². The number of ether oxygens (including phenoxy) is 3. The van der Waals surface area contributed by atoms with E-state index in [1.54, 1.807) is 6.92 Å². The van der Waals surface area contributed by atoms with Crippen LogP contribution in [0.25, 0.3) is 0 Å². The molecular weight excluding hydrogens is 564 g/mol. The Kier molecular flexibility index (Phi) is 10.0. The first-order valence-electron chi connectivity index (χ1n) is 17.2. The summed E-state index contributed by atoms with van der Waals surface area (Å²) in [6.07, 6.45) is 0.907. The summed E-state index contributed by atoms with van der Waals surface area (Å²) in [6, 6.07) is 0. The topological polar surface area (TPSA) is 146 Å². The number of esters is 1. The second-order valence-corrected chi connectivity index (χ2v) is 16.0. The Morgan fingerprint density at radius 1 is 1.11 bits per heavy atom. The largest absolute Gasteiger partial charge is 0.457 e. The minimum atomic E-state index is -1.38. The second-order valence-electron chi connectivity index (χ2n) is 16.0. The lowest BCUT2D eigenvalue weighted by molar-refractivity contribution is -0.311. The van der Waals surface area contributed by atoms with Crippen molar-refractivity contribution in [1.29, 1.82) is 0 Å². The Balaban J connectivity index is 1.48. The molecular formula is C35H58O9. The Hall–Kier alpha value is -1.07. The summed E-state index contributed by atoms with van der Waals surface area (Å²) in [5.74, 6) is 0.100. The predicted octanol–water partition coefficient (Wildman–Crippen LogP) is 3.72. The van der Waals surface area contributed by atoms with Gasteiger partial charge in [-0.1, -0.05) is 46.3 Å². The van der Waals surface area contributed by atoms with E-state index in [0.29, 0.717) is 31.6 Å². The van der Waals surface area contributed by atoms with E-state index in [4.69, 9.17) is 14.2 Å². The molecule has 1 heterocycles. The highest BCUT2D eigenvalue weighted by molar-refractivity contribution is 5.66. The molecule has 5 aliphatic rings. The van der Waals surface area contributed by atoms with Crippen LogP contribution >= 0.6 is 0 Å². The van der Waals surface area contributed by atoms with Gasteiger partial charge in [-0.15, -0.1) is 0 Å². The van der Waals surface area contributed by atoms with Gasteiger partial charge in [-0.05, 0) is 105 Å². The maximum atomic E-state index is 12.0. The molecule has 0 bridgehead atoms. The minimum absolute atomic E-state index is 0.0775. The molecule has 5 rings (SSSR count). The molecule has 0 spiro atoms. The Labute approximate surface area is 263 Å². The third kappa shape index (κ3) is 6.04. The van der Waals surface area contributed by atoms with Gasteiger partial charge in [0.2, 0.25) is 0 Å². The molecule has 1 aliphatic heterocycles. The minimum Gasteiger partial charge on any atom is -0.457 e. The molecule has 0 aromatic heterocycles. The van der Waals surface area contributed by atoms with Crippen LogP contribution in [0, 0.1) is 46.3 Å². The Bertz CT molecular complexity index is 1060. The zero-order valence-electron chi connectivity index (χ0n) is 27.8. The number of carbonyl (C=O) groups excluding carboxylic acids is 1. The number of rotatable bonds is 8. The lowest BCUT2D eigenvalue weighted by atomic mass is 9.46. The van der Waals surface area contributed by atoms with Crippen LogP contribution in [0.15, 0.2) is 11.6 Å². The van der Waals surface area contributed by atoms with Crippen LogP contribution in [0.5, 0.6) is 0 Å². The number of hydrogen-bond donors (Lipinski definition) is 5. The van der Waals surface area contributed by atoms with Crippen LogP contribution in [-0.4, -0.2) is 86.6 Å². The van der Waals surface area contributed by atoms with Crippen molar-refractivity contribution < 1.29 is 44.5 Å². The van der Waals surface area contributed by atoms with E-state index < -0.39 is 48.9 Å². The van der Waals surface area contributed by atoms with Crippen LogP contribution in [0.2, 0.25) is 0 Å². The summed E-state index contributed by atoms with van der Waals surface area (Å²) in [5, 5.41) is 55.9. The molecule has 3 saturated carbocycles. The fourth-order valence-corrected chi connectivity index (χ4v) is 10.5. The smallest absolute Gasteiger partial charge is 0.303 e. The molecule has 5 N–H and O–H groups in total. The maximum absolute atomic E-state index is 12.0. The normalized spacial score (nSPS) is 48.5. The van der Waals surface area contributed by atoms with Gasteiger partial charge in [0.15, 0.2) is 12.4 Å². The van der Waals surface area contributed by atoms with Gasteiger partial charge in [0.1, 0.15) is 12.2 Å². The predicted molar refractivity (Wildman–Crippen MR) is 164 cm³/mol. The van der Waals surface area contributed by atoms with Crippen molar-refractivity contribution in [1.82, 2.24) is 0 Å². The highest BCUT2D eigenvalue weighted by atomic mass is 16.7. The monoisotopic (exact) mass is 622 g/mol. The van der Waals surface area contributed by atoms with E-state index in [9.17, 15) is 30.3 Å². The standard InChI is InChI=1S/C35H58O9/c1-17(2)8-11-25(38)18(3)28-27(44-33-31(41)32(43-20(5)36)30(40)19(4)42-33)15-24-23-10-9-21-14-22(37)12-13-34(21,6)29(23)26(39)16-35(24,28)7/h9,17-19,22-33,37-41H,8,10-16H2,1-7H3. The highest BCUT2D eigenvalue weighted by Crippen LogP contribution is 2.68. The van der Waals surface area contributed by atoms with Gasteiger partial charge in [0, 0.05) is 6.92 Å². The molecule has 4 fully saturated rings. The van der Waals surface area contributed by atoms with E-state index in [2.05, 4.69) is 40.7 Å². The number of fused-ring (bicyclic) bond motifs is 5. The molecule has 0 radical (unpaired) electrons. The van der Waals surface area contributed by atoms with Crippen LogP contribution in [-0.2, 0) is 19.0 Å². The van der Waals surface area contributed by atoms with E-state index in [0.717, 1.165) is 25.7 Å². The van der Waals surface area contributed by atoms with E-state index >= 15 is 0 Å². The lowest BCUT2D eigenvalue weighted by Gasteiger charge is -2.60. The molecule has 0 aromatic carbocycles. The van der Waals surface area contributed by atoms with Gasteiger partial charge in [-0.25, -0.2) is 0 Å². The van der Waals surface area contributed by atoms with Gasteiger partial charge in [0.05, 0.1) is 30.5 Å². The average molecular weight is 623 g/mol. The molecule has 252 valence electrons. The van der Waals surface area contributed by atoms with Crippen molar-refractivity contribution in [3.8, 4) is 0 Å². The molecule has 4 aliphatic carbocycles. The van der Waals surface area contributed by atoms with Gasteiger partial charge >= 0.3 is 5.97 Å². The summed E-state index contributed by atoms with van der Waals surface area (Å²) < 4.78 is 18.0. The van der Waals surface area contributed by atoms with Crippen molar-refractivity contribution in [3.63, 3.8) is 0 Å². The van der Waals surface area contributed by atoms with Crippen molar-refractivity contribution >= 4 is 5.97 Å². The van der Waals surface area contributed by atoms with Crippen LogP contribution in [0.4, 0.5) is 0 Å². The van der Waals surface area contributed by atoms with Crippen molar-refractivity contribution in [2.24, 2.45) is 46.3 Å². The molecule has 1 saturated heterocycles. The second kappa shape index (κ2) is 12.9. The Morgan fingerprint density at radius 2 is 1.82 bits per heavy atom. The first-order chi connectivity index (χ1) is 20.6. The van der Waals surface area contributed by atoms with Crippen molar-refractivity contribution in [2.75, 3.05) is 0 Å². The Morgan fingerprint density at radius 3 is 2.48 bits per heavy atom. The first-order valence-corrected chi connectivity index (χ1v) is 17.2. The quantitative estimate of drug-likeness (QED) is 0.202. The number of hydrogen-bond acceptors (Lipinski definition) is 9. The SMILES string of the molecule is CC(=O)OC1C(O)C(C)OC(OC2CC3C4CC=C5CC(O)CCC5(C)C4C(O)CC3(C)C2C(C)C(O)CCC(C)C)C1O. The van der Waals surface area contributed by atoms with Crippen LogP contribution in [0.1, 0.15) is 99.8 Å². The van der Waals surface area contributed by atoms with Crippen molar-refractivity contribution in [3.05, 3.63) is 11.6 Å². The van der Waals surface area contributed by atoms with Crippen LogP contribution < -0.4 is 0 Å². The number of aliphatic hydroxyl groups excluding tert-OH is 5. The zero-order valence-corrected chi connectivity index (χ0v) is 27.8. The van der Waals surface area contributed by atoms with Gasteiger partial charge in [-0.3, -0.25) is 4.79 Å². The molecule has 16 atom stereocenters. The average Bonchev–Trinajstić information content (AvgIpc) is 3.23. The van der Waals surface area contributed by atoms with E-state index in [-0.39, 0.29) is 52.6 Å². The molecule has 9 heteroatoms. The van der Waals surface area contributed by atoms with Crippen LogP contribution in [0.3, 0.4) is 0 Å². The summed E-state index contributed by atoms with van der Waals surface area (Å²) in [4.78, 5) is 11.8. The van der Waals surface area contributed by atoms with E-state index in [1.807, 2.05) is 0 Å². The maximum Gasteiger partial charge on any atom is 0.303 e. The summed E-state index contributed by atoms with van der Waals surface area (Å²) in [6.45, 7) is 13.8. The number of allylic oxidation sites excluding steroid dienone is 1. The van der Waals surface area contributed by atoms with Gasteiger partial charge in [-0.2, -0.15) is 0 Å². The third-order valence-electron chi connectivity index (χ3n) is 12.7. The third-order valence-corrected chi connectivity index (χ3v) is 12.7. The van der Waals surface area contributed by atoms with Gasteiger partial charge < -0.3 is 39.7 Å². The fourth-order valence-electron chi connectivity index (χ4n) is 10.5. The number of carbonyl (C=O) groups is 1. The molecule has 0 amide bonds. The highest BCUT2D eigenvalue weighted by Gasteiger charge is 2.65. The number of aliphatic hydroxyl groups is 5. The lowest BCUT2D eigenvalue weighted by Crippen LogP contribution is -2.59. The molecule has 9 nitrogen and oxygen atoms in total. The summed E-state index contributed by atoms with van der Waals surface area (Å²) >= 11 is 0. The zero-order chi connectivity index (χ0) is 32.3. The molecule has 0 aromatic rings. The molecule has 44 heavy (non-hydrogen) atoms. The first kappa shape index (κ1) is 34.3. The summed E-state index contributed by atoms with van der Waals surface area (Å²) in [7, 11) is 0. The molecule has 16 unspecified atom stereocenters.